The Bertz CT molecular complexity index is 508. The zero-order chi connectivity index (χ0) is 12.4. The smallest absolute Gasteiger partial charge is 0.238 e. The van der Waals surface area contributed by atoms with Gasteiger partial charge in [-0.25, -0.2) is 9.37 Å². The van der Waals surface area contributed by atoms with Crippen molar-refractivity contribution in [2.75, 3.05) is 5.73 Å². The predicted molar refractivity (Wildman–Crippen MR) is 62.4 cm³/mol. The molecule has 0 fully saturated rings. The molecule has 0 saturated carbocycles. The van der Waals surface area contributed by atoms with E-state index in [1.807, 2.05) is 13.8 Å². The van der Waals surface area contributed by atoms with Crippen LogP contribution in [0.25, 0.3) is 0 Å². The van der Waals surface area contributed by atoms with E-state index in [9.17, 15) is 4.39 Å². The number of benzene rings is 1. The van der Waals surface area contributed by atoms with Crippen LogP contribution in [-0.2, 0) is 0 Å². The van der Waals surface area contributed by atoms with Crippen LogP contribution < -0.4 is 10.5 Å². The number of halogens is 1. The van der Waals surface area contributed by atoms with Gasteiger partial charge in [-0.3, -0.25) is 4.98 Å². The summed E-state index contributed by atoms with van der Waals surface area (Å²) in [4.78, 5) is 8.29. The Morgan fingerprint density at radius 2 is 2.00 bits per heavy atom. The number of aromatic nitrogens is 2. The number of nitrogen functional groups attached to an aromatic ring is 1. The molecule has 1 heterocycles. The van der Waals surface area contributed by atoms with Gasteiger partial charge in [0.05, 0.1) is 23.3 Å². The van der Waals surface area contributed by atoms with Crippen molar-refractivity contribution < 1.29 is 9.13 Å². The summed E-state index contributed by atoms with van der Waals surface area (Å²) in [6, 6.07) is 4.24. The molecule has 0 radical (unpaired) electrons. The molecule has 0 aliphatic carbocycles. The van der Waals surface area contributed by atoms with Crippen LogP contribution in [0.3, 0.4) is 0 Å². The third-order valence-electron chi connectivity index (χ3n) is 2.36. The molecular weight excluding hydrogens is 221 g/mol. The van der Waals surface area contributed by atoms with E-state index in [1.54, 1.807) is 6.07 Å². The number of ether oxygens (including phenoxy) is 1. The largest absolute Gasteiger partial charge is 0.437 e. The van der Waals surface area contributed by atoms with Crippen molar-refractivity contribution in [2.24, 2.45) is 0 Å². The molecule has 0 atom stereocenters. The molecule has 0 aliphatic rings. The Morgan fingerprint density at radius 3 is 2.65 bits per heavy atom. The fraction of sp³-hybridized carbons (Fsp3) is 0.167. The second-order valence-electron chi connectivity index (χ2n) is 3.66. The van der Waals surface area contributed by atoms with Crippen LogP contribution in [-0.4, -0.2) is 9.97 Å². The second kappa shape index (κ2) is 4.37. The lowest BCUT2D eigenvalue weighted by atomic mass is 10.3. The first-order chi connectivity index (χ1) is 8.06. The zero-order valence-corrected chi connectivity index (χ0v) is 9.57. The SMILES string of the molecule is Cc1ncc(Oc2ccc(N)c(F)c2)nc1C. The van der Waals surface area contributed by atoms with Gasteiger partial charge in [0.15, 0.2) is 0 Å². The fourth-order valence-corrected chi connectivity index (χ4v) is 1.26. The van der Waals surface area contributed by atoms with Crippen molar-refractivity contribution in [3.63, 3.8) is 0 Å². The number of aryl methyl sites for hydroxylation is 2. The van der Waals surface area contributed by atoms with E-state index in [1.165, 1.54) is 18.3 Å². The van der Waals surface area contributed by atoms with E-state index < -0.39 is 5.82 Å². The molecule has 1 aromatic carbocycles. The van der Waals surface area contributed by atoms with Crippen molar-refractivity contribution in [3.05, 3.63) is 41.6 Å². The minimum Gasteiger partial charge on any atom is -0.437 e. The van der Waals surface area contributed by atoms with Crippen LogP contribution in [0.15, 0.2) is 24.4 Å². The maximum atomic E-state index is 13.2. The summed E-state index contributed by atoms with van der Waals surface area (Å²) in [5, 5.41) is 0. The maximum Gasteiger partial charge on any atom is 0.238 e. The summed E-state index contributed by atoms with van der Waals surface area (Å²) >= 11 is 0. The van der Waals surface area contributed by atoms with Gasteiger partial charge in [-0.05, 0) is 26.0 Å². The molecule has 88 valence electrons. The van der Waals surface area contributed by atoms with Crippen LogP contribution >= 0.6 is 0 Å². The van der Waals surface area contributed by atoms with E-state index in [0.29, 0.717) is 11.6 Å². The van der Waals surface area contributed by atoms with E-state index >= 15 is 0 Å². The van der Waals surface area contributed by atoms with Crippen molar-refractivity contribution in [3.8, 4) is 11.6 Å². The monoisotopic (exact) mass is 233 g/mol. The summed E-state index contributed by atoms with van der Waals surface area (Å²) in [5.41, 5.74) is 7.06. The first-order valence-electron chi connectivity index (χ1n) is 5.09. The lowest BCUT2D eigenvalue weighted by Crippen LogP contribution is -1.96. The first kappa shape index (κ1) is 11.3. The molecule has 0 amide bonds. The summed E-state index contributed by atoms with van der Waals surface area (Å²) < 4.78 is 18.6. The molecule has 0 saturated heterocycles. The minimum atomic E-state index is -0.515. The molecule has 0 unspecified atom stereocenters. The Morgan fingerprint density at radius 1 is 1.24 bits per heavy atom. The summed E-state index contributed by atoms with van der Waals surface area (Å²) in [6.45, 7) is 3.69. The number of anilines is 1. The third-order valence-corrected chi connectivity index (χ3v) is 2.36. The average Bonchev–Trinajstić information content (AvgIpc) is 2.29. The highest BCUT2D eigenvalue weighted by Gasteiger charge is 2.04. The van der Waals surface area contributed by atoms with Gasteiger partial charge in [0.1, 0.15) is 11.6 Å². The van der Waals surface area contributed by atoms with Gasteiger partial charge in [-0.15, -0.1) is 0 Å². The van der Waals surface area contributed by atoms with Gasteiger partial charge in [0.25, 0.3) is 0 Å². The van der Waals surface area contributed by atoms with Gasteiger partial charge in [0, 0.05) is 6.07 Å². The fourth-order valence-electron chi connectivity index (χ4n) is 1.26. The third kappa shape index (κ3) is 2.50. The lowest BCUT2D eigenvalue weighted by Gasteiger charge is -2.06. The first-order valence-corrected chi connectivity index (χ1v) is 5.09. The average molecular weight is 233 g/mol. The Kier molecular flexibility index (Phi) is 2.91. The molecule has 2 N–H and O–H groups in total. The van der Waals surface area contributed by atoms with Crippen molar-refractivity contribution in [1.82, 2.24) is 9.97 Å². The van der Waals surface area contributed by atoms with E-state index in [4.69, 9.17) is 10.5 Å². The highest BCUT2D eigenvalue weighted by atomic mass is 19.1. The number of hydrogen-bond donors (Lipinski definition) is 1. The van der Waals surface area contributed by atoms with Gasteiger partial charge in [-0.2, -0.15) is 0 Å². The molecule has 0 spiro atoms. The quantitative estimate of drug-likeness (QED) is 0.810. The van der Waals surface area contributed by atoms with Crippen LogP contribution in [0.5, 0.6) is 11.6 Å². The van der Waals surface area contributed by atoms with Crippen LogP contribution in [0.1, 0.15) is 11.4 Å². The molecule has 2 aromatic rings. The second-order valence-corrected chi connectivity index (χ2v) is 3.66. The number of nitrogens with two attached hydrogens (primary N) is 1. The van der Waals surface area contributed by atoms with Crippen LogP contribution in [0.2, 0.25) is 0 Å². The molecule has 0 aliphatic heterocycles. The van der Waals surface area contributed by atoms with E-state index in [2.05, 4.69) is 9.97 Å². The number of nitrogens with zero attached hydrogens (tertiary/aromatic N) is 2. The van der Waals surface area contributed by atoms with Gasteiger partial charge < -0.3 is 10.5 Å². The normalized spacial score (nSPS) is 10.3. The summed E-state index contributed by atoms with van der Waals surface area (Å²) in [5.74, 6) is 0.158. The topological polar surface area (TPSA) is 61.0 Å². The highest BCUT2D eigenvalue weighted by molar-refractivity contribution is 5.44. The molecule has 17 heavy (non-hydrogen) atoms. The summed E-state index contributed by atoms with van der Waals surface area (Å²) in [7, 11) is 0. The van der Waals surface area contributed by atoms with Crippen molar-refractivity contribution >= 4 is 5.69 Å². The standard InChI is InChI=1S/C12H12FN3O/c1-7-8(2)16-12(6-15-7)17-9-3-4-11(14)10(13)5-9/h3-6H,14H2,1-2H3. The van der Waals surface area contributed by atoms with Gasteiger partial charge in [0.2, 0.25) is 5.88 Å². The maximum absolute atomic E-state index is 13.2. The van der Waals surface area contributed by atoms with Crippen molar-refractivity contribution in [2.45, 2.75) is 13.8 Å². The van der Waals surface area contributed by atoms with Crippen LogP contribution in [0, 0.1) is 19.7 Å². The number of rotatable bonds is 2. The molecule has 0 bridgehead atoms. The molecule has 2 rings (SSSR count). The zero-order valence-electron chi connectivity index (χ0n) is 9.57. The van der Waals surface area contributed by atoms with E-state index in [0.717, 1.165) is 11.4 Å². The Hall–Kier alpha value is -2.17. The lowest BCUT2D eigenvalue weighted by molar-refractivity contribution is 0.454. The Labute approximate surface area is 98.3 Å². The highest BCUT2D eigenvalue weighted by Crippen LogP contribution is 2.22. The van der Waals surface area contributed by atoms with E-state index in [-0.39, 0.29) is 5.69 Å². The van der Waals surface area contributed by atoms with Crippen LogP contribution in [0.4, 0.5) is 10.1 Å². The van der Waals surface area contributed by atoms with Gasteiger partial charge in [-0.1, -0.05) is 0 Å². The Balaban J connectivity index is 2.25. The molecule has 4 nitrogen and oxygen atoms in total. The predicted octanol–water partition coefficient (Wildman–Crippen LogP) is 2.61. The minimum absolute atomic E-state index is 0.0866. The number of hydrogen-bond acceptors (Lipinski definition) is 4. The summed E-state index contributed by atoms with van der Waals surface area (Å²) in [6.07, 6.45) is 1.50. The molecule has 1 aromatic heterocycles. The van der Waals surface area contributed by atoms with Crippen molar-refractivity contribution in [1.29, 1.82) is 0 Å². The van der Waals surface area contributed by atoms with Gasteiger partial charge >= 0.3 is 0 Å². The molecular formula is C12H12FN3O. The molecule has 5 heteroatoms.